The van der Waals surface area contributed by atoms with E-state index in [1.54, 1.807) is 11.3 Å². The fraction of sp³-hybridized carbons (Fsp3) is 0.556. The van der Waals surface area contributed by atoms with Gasteiger partial charge in [-0.1, -0.05) is 0 Å². The van der Waals surface area contributed by atoms with E-state index >= 15 is 0 Å². The van der Waals surface area contributed by atoms with Gasteiger partial charge in [0.25, 0.3) is 0 Å². The quantitative estimate of drug-likeness (QED) is 0.729. The van der Waals surface area contributed by atoms with Crippen LogP contribution in [-0.4, -0.2) is 11.5 Å². The van der Waals surface area contributed by atoms with Crippen LogP contribution in [0.25, 0.3) is 0 Å². The van der Waals surface area contributed by atoms with Crippen LogP contribution >= 0.6 is 11.3 Å². The molecule has 0 saturated carbocycles. The maximum Gasteiger partial charge on any atom is 0.0897 e. The topological polar surface area (TPSA) is 48.7 Å². The van der Waals surface area contributed by atoms with E-state index < -0.39 is 0 Å². The van der Waals surface area contributed by atoms with Gasteiger partial charge in [-0.05, 0) is 19.9 Å². The molecule has 0 spiro atoms. The standard InChI is InChI=1S/C9H13N3S/c1-8-12-7-9(13-8)6-11-5-3-2-4-10/h7,11H,2-3,5-6H2,1H3. The van der Waals surface area contributed by atoms with Crippen LogP contribution < -0.4 is 5.32 Å². The van der Waals surface area contributed by atoms with Gasteiger partial charge in [-0.3, -0.25) is 0 Å². The molecule has 70 valence electrons. The first-order valence-corrected chi connectivity index (χ1v) is 5.13. The molecule has 4 heteroatoms. The van der Waals surface area contributed by atoms with Gasteiger partial charge in [-0.15, -0.1) is 11.3 Å². The molecule has 0 aliphatic heterocycles. The van der Waals surface area contributed by atoms with Crippen molar-refractivity contribution in [3.05, 3.63) is 16.1 Å². The second-order valence-corrected chi connectivity index (χ2v) is 4.10. The number of rotatable bonds is 5. The third-order valence-electron chi connectivity index (χ3n) is 1.61. The Hall–Kier alpha value is -0.920. The van der Waals surface area contributed by atoms with Crippen LogP contribution in [0.5, 0.6) is 0 Å². The maximum absolute atomic E-state index is 8.30. The lowest BCUT2D eigenvalue weighted by Crippen LogP contribution is -2.13. The highest BCUT2D eigenvalue weighted by Gasteiger charge is 1.96. The molecule has 0 amide bonds. The fourth-order valence-electron chi connectivity index (χ4n) is 0.991. The molecule has 0 radical (unpaired) electrons. The van der Waals surface area contributed by atoms with Crippen LogP contribution in [0, 0.1) is 18.3 Å². The number of unbranched alkanes of at least 4 members (excludes halogenated alkanes) is 1. The van der Waals surface area contributed by atoms with Crippen LogP contribution in [0.3, 0.4) is 0 Å². The minimum Gasteiger partial charge on any atom is -0.312 e. The molecule has 1 aromatic rings. The molecule has 0 aromatic carbocycles. The van der Waals surface area contributed by atoms with Gasteiger partial charge in [0.15, 0.2) is 0 Å². The van der Waals surface area contributed by atoms with Gasteiger partial charge in [0.2, 0.25) is 0 Å². The Labute approximate surface area is 82.4 Å². The monoisotopic (exact) mass is 195 g/mol. The summed E-state index contributed by atoms with van der Waals surface area (Å²) in [4.78, 5) is 5.42. The van der Waals surface area contributed by atoms with E-state index in [0.717, 1.165) is 24.5 Å². The van der Waals surface area contributed by atoms with E-state index in [4.69, 9.17) is 5.26 Å². The summed E-state index contributed by atoms with van der Waals surface area (Å²) in [6.45, 7) is 3.78. The SMILES string of the molecule is Cc1ncc(CNCCCC#N)s1. The number of aromatic nitrogens is 1. The fourth-order valence-corrected chi connectivity index (χ4v) is 1.76. The molecule has 1 N–H and O–H groups in total. The van der Waals surface area contributed by atoms with Crippen molar-refractivity contribution in [1.82, 2.24) is 10.3 Å². The number of nitrogens with one attached hydrogen (secondary N) is 1. The average Bonchev–Trinajstić information content (AvgIpc) is 2.51. The maximum atomic E-state index is 8.30. The minimum atomic E-state index is 0.634. The molecule has 0 fully saturated rings. The molecule has 0 saturated heterocycles. The van der Waals surface area contributed by atoms with Crippen molar-refractivity contribution >= 4 is 11.3 Å². The van der Waals surface area contributed by atoms with E-state index in [-0.39, 0.29) is 0 Å². The number of hydrogen-bond acceptors (Lipinski definition) is 4. The zero-order valence-electron chi connectivity index (χ0n) is 7.71. The van der Waals surface area contributed by atoms with Gasteiger partial charge >= 0.3 is 0 Å². The number of hydrogen-bond donors (Lipinski definition) is 1. The van der Waals surface area contributed by atoms with Gasteiger partial charge in [0.1, 0.15) is 0 Å². The Morgan fingerprint density at radius 2 is 2.54 bits per heavy atom. The first kappa shape index (κ1) is 10.2. The first-order valence-electron chi connectivity index (χ1n) is 4.32. The Morgan fingerprint density at radius 1 is 1.69 bits per heavy atom. The van der Waals surface area contributed by atoms with Gasteiger partial charge in [-0.25, -0.2) is 4.98 Å². The van der Waals surface area contributed by atoms with Crippen molar-refractivity contribution in [3.63, 3.8) is 0 Å². The van der Waals surface area contributed by atoms with E-state index in [0.29, 0.717) is 6.42 Å². The minimum absolute atomic E-state index is 0.634. The second kappa shape index (κ2) is 5.68. The molecule has 1 aromatic heterocycles. The zero-order chi connectivity index (χ0) is 9.52. The predicted molar refractivity (Wildman–Crippen MR) is 53.4 cm³/mol. The van der Waals surface area contributed by atoms with Crippen molar-refractivity contribution in [1.29, 1.82) is 5.26 Å². The van der Waals surface area contributed by atoms with Crippen molar-refractivity contribution in [2.75, 3.05) is 6.54 Å². The molecule has 13 heavy (non-hydrogen) atoms. The molecule has 0 aliphatic rings. The lowest BCUT2D eigenvalue weighted by molar-refractivity contribution is 0.662. The van der Waals surface area contributed by atoms with Gasteiger partial charge in [0.05, 0.1) is 11.1 Å². The Morgan fingerprint density at radius 3 is 3.15 bits per heavy atom. The number of nitrogens with zero attached hydrogens (tertiary/aromatic N) is 2. The van der Waals surface area contributed by atoms with E-state index in [9.17, 15) is 0 Å². The molecule has 0 bridgehead atoms. The molecule has 1 heterocycles. The Kier molecular flexibility index (Phi) is 4.44. The smallest absolute Gasteiger partial charge is 0.0897 e. The molecule has 1 rings (SSSR count). The first-order chi connectivity index (χ1) is 6.33. The largest absolute Gasteiger partial charge is 0.312 e. The van der Waals surface area contributed by atoms with Crippen LogP contribution in [0.1, 0.15) is 22.7 Å². The molecule has 0 aliphatic carbocycles. The average molecular weight is 195 g/mol. The van der Waals surface area contributed by atoms with E-state index in [1.165, 1.54) is 4.88 Å². The normalized spacial score (nSPS) is 9.85. The summed E-state index contributed by atoms with van der Waals surface area (Å²) in [5.74, 6) is 0. The number of aryl methyl sites for hydroxylation is 1. The van der Waals surface area contributed by atoms with Gasteiger partial charge < -0.3 is 5.32 Å². The molecular weight excluding hydrogens is 182 g/mol. The van der Waals surface area contributed by atoms with Crippen LogP contribution in [0.15, 0.2) is 6.20 Å². The third-order valence-corrected chi connectivity index (χ3v) is 2.52. The summed E-state index contributed by atoms with van der Waals surface area (Å²) in [5.41, 5.74) is 0. The van der Waals surface area contributed by atoms with Crippen molar-refractivity contribution in [2.45, 2.75) is 26.3 Å². The molecule has 0 atom stereocenters. The highest BCUT2D eigenvalue weighted by atomic mass is 32.1. The molecule has 3 nitrogen and oxygen atoms in total. The van der Waals surface area contributed by atoms with Gasteiger partial charge in [-0.2, -0.15) is 5.26 Å². The van der Waals surface area contributed by atoms with Crippen LogP contribution in [0.4, 0.5) is 0 Å². The zero-order valence-corrected chi connectivity index (χ0v) is 8.52. The summed E-state index contributed by atoms with van der Waals surface area (Å²) >= 11 is 1.71. The Balaban J connectivity index is 2.10. The lowest BCUT2D eigenvalue weighted by atomic mass is 10.3. The van der Waals surface area contributed by atoms with Crippen molar-refractivity contribution < 1.29 is 0 Å². The Bertz CT molecular complexity index is 287. The summed E-state index contributed by atoms with van der Waals surface area (Å²) < 4.78 is 0. The molecule has 0 unspecified atom stereocenters. The summed E-state index contributed by atoms with van der Waals surface area (Å²) in [5, 5.41) is 12.7. The van der Waals surface area contributed by atoms with Crippen molar-refractivity contribution in [2.24, 2.45) is 0 Å². The third kappa shape index (κ3) is 4.02. The highest BCUT2D eigenvalue weighted by Crippen LogP contribution is 2.10. The van der Waals surface area contributed by atoms with Crippen molar-refractivity contribution in [3.8, 4) is 6.07 Å². The second-order valence-electron chi connectivity index (χ2n) is 2.78. The van der Waals surface area contributed by atoms with Gasteiger partial charge in [0, 0.05) is 24.0 Å². The predicted octanol–water partition coefficient (Wildman–Crippen LogP) is 1.84. The lowest BCUT2D eigenvalue weighted by Gasteiger charge is -1.98. The van der Waals surface area contributed by atoms with E-state index in [1.807, 2.05) is 13.1 Å². The van der Waals surface area contributed by atoms with E-state index in [2.05, 4.69) is 16.4 Å². The molecular formula is C9H13N3S. The highest BCUT2D eigenvalue weighted by molar-refractivity contribution is 7.11. The number of nitriles is 1. The van der Waals surface area contributed by atoms with Crippen LogP contribution in [-0.2, 0) is 6.54 Å². The summed E-state index contributed by atoms with van der Waals surface area (Å²) in [6.07, 6.45) is 3.46. The summed E-state index contributed by atoms with van der Waals surface area (Å²) in [7, 11) is 0. The number of thiazole rings is 1. The summed E-state index contributed by atoms with van der Waals surface area (Å²) in [6, 6.07) is 2.12. The van der Waals surface area contributed by atoms with Crippen LogP contribution in [0.2, 0.25) is 0 Å².